The van der Waals surface area contributed by atoms with Gasteiger partial charge in [-0.3, -0.25) is 8.51 Å². The van der Waals surface area contributed by atoms with E-state index in [9.17, 15) is 13.6 Å². The summed E-state index contributed by atoms with van der Waals surface area (Å²) >= 11 is -2.63. The SMILES string of the molecule is CC(C)OC(=O)c1ccc(N(c2ccc(N)c(N)c2)S(=O)[O-])c2ccccc12. The zero-order valence-corrected chi connectivity index (χ0v) is 16.2. The molecule has 0 saturated carbocycles. The monoisotopic (exact) mass is 398 g/mol. The van der Waals surface area contributed by atoms with Crippen LogP contribution in [-0.2, 0) is 16.0 Å². The van der Waals surface area contributed by atoms with E-state index in [0.29, 0.717) is 33.4 Å². The second-order valence-electron chi connectivity index (χ2n) is 6.46. The Labute approximate surface area is 165 Å². The first kappa shape index (κ1) is 19.7. The molecule has 7 nitrogen and oxygen atoms in total. The van der Waals surface area contributed by atoms with E-state index in [4.69, 9.17) is 16.2 Å². The van der Waals surface area contributed by atoms with Gasteiger partial charge in [-0.1, -0.05) is 24.3 Å². The summed E-state index contributed by atoms with van der Waals surface area (Å²) in [4.78, 5) is 12.4. The summed E-state index contributed by atoms with van der Waals surface area (Å²) in [6.45, 7) is 3.53. The highest BCUT2D eigenvalue weighted by Crippen LogP contribution is 2.36. The van der Waals surface area contributed by atoms with Crippen LogP contribution in [0.15, 0.2) is 54.6 Å². The van der Waals surface area contributed by atoms with Crippen molar-refractivity contribution in [1.29, 1.82) is 0 Å². The standard InChI is InChI=1S/C20H21N3O4S/c1-12(2)27-20(24)16-8-10-19(15-6-4-3-5-14(15)16)23(28(25)26)13-7-9-17(21)18(22)11-13/h3-12H,21-22H2,1-2H3,(H,25,26)/p-1. The third-order valence-corrected chi connectivity index (χ3v) is 4.84. The number of hydrogen-bond acceptors (Lipinski definition) is 6. The third-order valence-electron chi connectivity index (χ3n) is 4.14. The topological polar surface area (TPSA) is 122 Å². The van der Waals surface area contributed by atoms with Crippen molar-refractivity contribution in [1.82, 2.24) is 0 Å². The summed E-state index contributed by atoms with van der Waals surface area (Å²) in [5.74, 6) is -0.468. The fraction of sp³-hybridized carbons (Fsp3) is 0.150. The fourth-order valence-corrected chi connectivity index (χ4v) is 3.52. The quantitative estimate of drug-likeness (QED) is 0.385. The van der Waals surface area contributed by atoms with E-state index in [1.165, 1.54) is 6.07 Å². The Morgan fingerprint density at radius 3 is 2.32 bits per heavy atom. The fourth-order valence-electron chi connectivity index (χ4n) is 2.91. The minimum absolute atomic E-state index is 0.269. The van der Waals surface area contributed by atoms with Crippen LogP contribution in [0, 0.1) is 0 Å². The van der Waals surface area contributed by atoms with E-state index in [0.717, 1.165) is 4.31 Å². The molecule has 146 valence electrons. The van der Waals surface area contributed by atoms with E-state index in [1.54, 1.807) is 62.4 Å². The predicted molar refractivity (Wildman–Crippen MR) is 111 cm³/mol. The minimum atomic E-state index is -2.63. The summed E-state index contributed by atoms with van der Waals surface area (Å²) in [5, 5.41) is 1.17. The zero-order chi connectivity index (χ0) is 20.4. The second-order valence-corrected chi connectivity index (χ2v) is 7.26. The Morgan fingerprint density at radius 1 is 1.04 bits per heavy atom. The highest BCUT2D eigenvalue weighted by Gasteiger charge is 2.19. The van der Waals surface area contributed by atoms with Crippen LogP contribution >= 0.6 is 0 Å². The molecule has 0 saturated heterocycles. The van der Waals surface area contributed by atoms with Crippen LogP contribution in [0.1, 0.15) is 24.2 Å². The molecule has 0 radical (unpaired) electrons. The van der Waals surface area contributed by atoms with Crippen molar-refractivity contribution < 1.29 is 18.3 Å². The summed E-state index contributed by atoms with van der Waals surface area (Å²) in [6, 6.07) is 14.8. The highest BCUT2D eigenvalue weighted by atomic mass is 32.2. The summed E-state index contributed by atoms with van der Waals surface area (Å²) in [5.41, 5.74) is 13.3. The first-order valence-corrected chi connectivity index (χ1v) is 9.60. The first-order valence-electron chi connectivity index (χ1n) is 8.57. The van der Waals surface area contributed by atoms with Gasteiger partial charge >= 0.3 is 5.97 Å². The van der Waals surface area contributed by atoms with Crippen LogP contribution < -0.4 is 15.8 Å². The van der Waals surface area contributed by atoms with E-state index < -0.39 is 17.2 Å². The van der Waals surface area contributed by atoms with Crippen LogP contribution in [0.3, 0.4) is 0 Å². The average molecular weight is 398 g/mol. The number of fused-ring (bicyclic) bond motifs is 1. The van der Waals surface area contributed by atoms with Gasteiger partial charge < -0.3 is 20.8 Å². The number of ether oxygens (including phenoxy) is 1. The Hall–Kier alpha value is -3.10. The van der Waals surface area contributed by atoms with Crippen LogP contribution in [0.4, 0.5) is 22.7 Å². The lowest BCUT2D eigenvalue weighted by molar-refractivity contribution is 0.0380. The first-order chi connectivity index (χ1) is 13.3. The third kappa shape index (κ3) is 3.78. The van der Waals surface area contributed by atoms with Crippen LogP contribution in [0.5, 0.6) is 0 Å². The molecule has 4 N–H and O–H groups in total. The van der Waals surface area contributed by atoms with Crippen molar-refractivity contribution in [2.75, 3.05) is 15.8 Å². The van der Waals surface area contributed by atoms with Gasteiger partial charge in [0.2, 0.25) is 0 Å². The Kier molecular flexibility index (Phi) is 5.53. The minimum Gasteiger partial charge on any atom is -0.755 e. The van der Waals surface area contributed by atoms with Gasteiger partial charge in [-0.05, 0) is 49.6 Å². The molecule has 28 heavy (non-hydrogen) atoms. The van der Waals surface area contributed by atoms with Gasteiger partial charge in [0.05, 0.1) is 45.7 Å². The van der Waals surface area contributed by atoms with Gasteiger partial charge in [0.15, 0.2) is 0 Å². The number of hydrogen-bond donors (Lipinski definition) is 2. The van der Waals surface area contributed by atoms with E-state index in [2.05, 4.69) is 0 Å². The molecule has 0 heterocycles. The van der Waals surface area contributed by atoms with Gasteiger partial charge in [0.25, 0.3) is 0 Å². The molecule has 8 heteroatoms. The lowest BCUT2D eigenvalue weighted by Gasteiger charge is -2.28. The largest absolute Gasteiger partial charge is 0.755 e. The maximum Gasteiger partial charge on any atom is 0.339 e. The molecule has 0 spiro atoms. The molecule has 0 fully saturated rings. The number of nitrogen functional groups attached to an aromatic ring is 2. The van der Waals surface area contributed by atoms with Crippen LogP contribution in [0.2, 0.25) is 0 Å². The Morgan fingerprint density at radius 2 is 1.71 bits per heavy atom. The Bertz CT molecular complexity index is 1070. The van der Waals surface area contributed by atoms with Gasteiger partial charge in [0.1, 0.15) is 0 Å². The predicted octanol–water partition coefficient (Wildman–Crippen LogP) is 3.50. The Balaban J connectivity index is 2.20. The molecule has 3 aromatic rings. The molecule has 0 aliphatic heterocycles. The van der Waals surface area contributed by atoms with Gasteiger partial charge in [-0.25, -0.2) is 4.79 Å². The van der Waals surface area contributed by atoms with E-state index in [-0.39, 0.29) is 11.8 Å². The molecule has 0 aliphatic carbocycles. The maximum atomic E-state index is 12.4. The summed E-state index contributed by atoms with van der Waals surface area (Å²) < 4.78 is 30.5. The van der Waals surface area contributed by atoms with Gasteiger partial charge in [-0.15, -0.1) is 0 Å². The molecule has 0 amide bonds. The number of nitrogens with two attached hydrogens (primary N) is 2. The van der Waals surface area contributed by atoms with E-state index in [1.807, 2.05) is 0 Å². The van der Waals surface area contributed by atoms with Crippen molar-refractivity contribution in [3.63, 3.8) is 0 Å². The number of nitrogens with zero attached hydrogens (tertiary/aromatic N) is 1. The number of rotatable bonds is 5. The number of anilines is 4. The second kappa shape index (κ2) is 7.87. The van der Waals surface area contributed by atoms with Crippen molar-refractivity contribution >= 4 is 50.8 Å². The molecular weight excluding hydrogens is 378 g/mol. The van der Waals surface area contributed by atoms with Gasteiger partial charge in [0, 0.05) is 5.39 Å². The molecule has 0 aliphatic rings. The summed E-state index contributed by atoms with van der Waals surface area (Å²) in [7, 11) is 0. The lowest BCUT2D eigenvalue weighted by Crippen LogP contribution is -2.20. The van der Waals surface area contributed by atoms with Crippen molar-refractivity contribution in [3.8, 4) is 0 Å². The molecule has 0 aromatic heterocycles. The normalized spacial score (nSPS) is 12.1. The molecule has 3 rings (SSSR count). The van der Waals surface area contributed by atoms with E-state index >= 15 is 0 Å². The number of carbonyl (C=O) groups excluding carboxylic acids is 1. The van der Waals surface area contributed by atoms with Gasteiger partial charge in [-0.2, -0.15) is 0 Å². The van der Waals surface area contributed by atoms with Crippen molar-refractivity contribution in [2.45, 2.75) is 20.0 Å². The maximum absolute atomic E-state index is 12.4. The number of carbonyl (C=O) groups is 1. The van der Waals surface area contributed by atoms with Crippen molar-refractivity contribution in [2.24, 2.45) is 0 Å². The van der Waals surface area contributed by atoms with Crippen molar-refractivity contribution in [3.05, 3.63) is 60.2 Å². The van der Waals surface area contributed by atoms with Crippen LogP contribution in [-0.4, -0.2) is 20.8 Å². The highest BCUT2D eigenvalue weighted by molar-refractivity contribution is 7.81. The van der Waals surface area contributed by atoms with Crippen LogP contribution in [0.25, 0.3) is 10.8 Å². The molecule has 1 unspecified atom stereocenters. The number of esters is 1. The number of benzene rings is 3. The molecule has 1 atom stereocenters. The molecule has 0 bridgehead atoms. The lowest BCUT2D eigenvalue weighted by atomic mass is 10.0. The molecule has 3 aromatic carbocycles. The molecular formula is C20H20N3O4S-. The smallest absolute Gasteiger partial charge is 0.339 e. The average Bonchev–Trinajstić information content (AvgIpc) is 2.64. The zero-order valence-electron chi connectivity index (χ0n) is 15.4. The summed E-state index contributed by atoms with van der Waals surface area (Å²) in [6.07, 6.45) is -0.269.